The van der Waals surface area contributed by atoms with Gasteiger partial charge in [0, 0.05) is 23.8 Å². The monoisotopic (exact) mass is 264 g/mol. The van der Waals surface area contributed by atoms with Gasteiger partial charge in [-0.1, -0.05) is 13.8 Å². The molecule has 19 heavy (non-hydrogen) atoms. The van der Waals surface area contributed by atoms with Gasteiger partial charge < -0.3 is 20.1 Å². The van der Waals surface area contributed by atoms with Crippen molar-refractivity contribution in [2.45, 2.75) is 44.8 Å². The van der Waals surface area contributed by atoms with Gasteiger partial charge in [-0.2, -0.15) is 0 Å². The summed E-state index contributed by atoms with van der Waals surface area (Å²) in [6.07, 6.45) is 0.827. The third kappa shape index (κ3) is 1.47. The first kappa shape index (κ1) is 12.8. The maximum absolute atomic E-state index is 10.6. The van der Waals surface area contributed by atoms with Gasteiger partial charge in [0.05, 0.1) is 6.61 Å². The van der Waals surface area contributed by atoms with Crippen molar-refractivity contribution in [3.05, 3.63) is 23.3 Å². The second-order valence-corrected chi connectivity index (χ2v) is 6.66. The maximum atomic E-state index is 10.6. The number of phenols is 1. The van der Waals surface area contributed by atoms with Crippen LogP contribution >= 0.6 is 0 Å². The molecule has 1 aliphatic heterocycles. The fourth-order valence-electron chi connectivity index (χ4n) is 3.85. The first-order valence-corrected chi connectivity index (χ1v) is 6.59. The molecule has 1 saturated carbocycles. The summed E-state index contributed by atoms with van der Waals surface area (Å²) in [6.45, 7) is 5.77. The Kier molecular flexibility index (Phi) is 2.31. The molecule has 3 rings (SSSR count). The van der Waals surface area contributed by atoms with Crippen LogP contribution in [0.3, 0.4) is 0 Å². The van der Waals surface area contributed by atoms with Crippen LogP contribution in [0.25, 0.3) is 0 Å². The van der Waals surface area contributed by atoms with Crippen molar-refractivity contribution in [1.82, 2.24) is 0 Å². The van der Waals surface area contributed by atoms with Gasteiger partial charge in [0.25, 0.3) is 0 Å². The Morgan fingerprint density at radius 3 is 2.58 bits per heavy atom. The van der Waals surface area contributed by atoms with E-state index in [0.717, 1.165) is 5.56 Å². The van der Waals surface area contributed by atoms with Crippen molar-refractivity contribution >= 4 is 0 Å². The Bertz CT molecular complexity index is 551. The number of hydrogen-bond donors (Lipinski definition) is 3. The van der Waals surface area contributed by atoms with Gasteiger partial charge in [-0.15, -0.1) is 0 Å². The van der Waals surface area contributed by atoms with Crippen LogP contribution < -0.4 is 4.74 Å². The van der Waals surface area contributed by atoms with Crippen molar-refractivity contribution in [2.24, 2.45) is 5.41 Å². The minimum atomic E-state index is -1.22. The molecule has 4 heteroatoms. The first-order valence-electron chi connectivity index (χ1n) is 6.59. The van der Waals surface area contributed by atoms with E-state index in [1.807, 2.05) is 13.8 Å². The van der Waals surface area contributed by atoms with E-state index in [4.69, 9.17) is 4.74 Å². The molecule has 0 aromatic heterocycles. The van der Waals surface area contributed by atoms with E-state index in [1.54, 1.807) is 19.1 Å². The third-order valence-electron chi connectivity index (χ3n) is 4.98. The largest absolute Gasteiger partial charge is 0.508 e. The number of ether oxygens (including phenoxy) is 1. The predicted molar refractivity (Wildman–Crippen MR) is 70.2 cm³/mol. The SMILES string of the molecule is Cc1cc2c(cc1O)[C@]1(CO)C[C@@](O)(CC1(C)C)O2. The smallest absolute Gasteiger partial charge is 0.209 e. The van der Waals surface area contributed by atoms with Crippen molar-refractivity contribution in [3.63, 3.8) is 0 Å². The number of aliphatic hydroxyl groups excluding tert-OH is 1. The molecule has 1 aliphatic carbocycles. The van der Waals surface area contributed by atoms with Crippen LogP contribution in [0.15, 0.2) is 12.1 Å². The predicted octanol–water partition coefficient (Wildman–Crippen LogP) is 1.83. The third-order valence-corrected chi connectivity index (χ3v) is 4.98. The minimum Gasteiger partial charge on any atom is -0.508 e. The van der Waals surface area contributed by atoms with Crippen molar-refractivity contribution in [1.29, 1.82) is 0 Å². The van der Waals surface area contributed by atoms with Crippen LogP contribution in [-0.4, -0.2) is 27.7 Å². The lowest BCUT2D eigenvalue weighted by Crippen LogP contribution is -2.45. The number of aryl methyl sites for hydroxylation is 1. The molecule has 0 spiro atoms. The van der Waals surface area contributed by atoms with Gasteiger partial charge >= 0.3 is 0 Å². The highest BCUT2D eigenvalue weighted by Crippen LogP contribution is 2.63. The van der Waals surface area contributed by atoms with E-state index < -0.39 is 11.2 Å². The molecule has 0 unspecified atom stereocenters. The summed E-state index contributed by atoms with van der Waals surface area (Å²) in [4.78, 5) is 0. The lowest BCUT2D eigenvalue weighted by molar-refractivity contribution is -0.144. The minimum absolute atomic E-state index is 0.0683. The summed E-state index contributed by atoms with van der Waals surface area (Å²) < 4.78 is 5.74. The quantitative estimate of drug-likeness (QED) is 0.724. The second kappa shape index (κ2) is 3.44. The molecule has 3 N–H and O–H groups in total. The van der Waals surface area contributed by atoms with Gasteiger partial charge in [-0.25, -0.2) is 0 Å². The van der Waals surface area contributed by atoms with E-state index in [9.17, 15) is 15.3 Å². The Morgan fingerprint density at radius 1 is 1.26 bits per heavy atom. The molecule has 4 nitrogen and oxygen atoms in total. The van der Waals surface area contributed by atoms with Crippen molar-refractivity contribution in [3.8, 4) is 11.5 Å². The Hall–Kier alpha value is -1.26. The van der Waals surface area contributed by atoms with Gasteiger partial charge in [-0.05, 0) is 30.0 Å². The van der Waals surface area contributed by atoms with Crippen LogP contribution in [0.5, 0.6) is 11.5 Å². The summed E-state index contributed by atoms with van der Waals surface area (Å²) in [7, 11) is 0. The normalized spacial score (nSPS) is 34.8. The molecule has 2 aliphatic rings. The molecule has 1 aromatic carbocycles. The molecular weight excluding hydrogens is 244 g/mol. The van der Waals surface area contributed by atoms with Gasteiger partial charge in [-0.3, -0.25) is 0 Å². The van der Waals surface area contributed by atoms with E-state index in [1.165, 1.54) is 0 Å². The van der Waals surface area contributed by atoms with Gasteiger partial charge in [0.1, 0.15) is 11.5 Å². The number of benzene rings is 1. The lowest BCUT2D eigenvalue weighted by atomic mass is 9.64. The summed E-state index contributed by atoms with van der Waals surface area (Å²) in [5, 5.41) is 30.5. The number of aromatic hydroxyl groups is 1. The summed E-state index contributed by atoms with van der Waals surface area (Å²) >= 11 is 0. The van der Waals surface area contributed by atoms with E-state index in [0.29, 0.717) is 24.2 Å². The second-order valence-electron chi connectivity index (χ2n) is 6.66. The number of fused-ring (bicyclic) bond motifs is 4. The topological polar surface area (TPSA) is 69.9 Å². The molecule has 0 radical (unpaired) electrons. The average Bonchev–Trinajstić information content (AvgIpc) is 2.46. The summed E-state index contributed by atoms with van der Waals surface area (Å²) in [5.41, 5.74) is 0.629. The number of rotatable bonds is 1. The van der Waals surface area contributed by atoms with E-state index in [2.05, 4.69) is 0 Å². The highest BCUT2D eigenvalue weighted by atomic mass is 16.6. The molecule has 2 bridgehead atoms. The zero-order valence-electron chi connectivity index (χ0n) is 11.5. The van der Waals surface area contributed by atoms with E-state index >= 15 is 0 Å². The van der Waals surface area contributed by atoms with Crippen molar-refractivity contribution in [2.75, 3.05) is 6.61 Å². The first-order chi connectivity index (χ1) is 8.73. The van der Waals surface area contributed by atoms with Crippen LogP contribution in [-0.2, 0) is 5.41 Å². The highest BCUT2D eigenvalue weighted by Gasteiger charge is 2.64. The average molecular weight is 264 g/mol. The van der Waals surface area contributed by atoms with Crippen LogP contribution in [0.1, 0.15) is 37.8 Å². The zero-order valence-corrected chi connectivity index (χ0v) is 11.5. The Labute approximate surface area is 112 Å². The Morgan fingerprint density at radius 2 is 1.95 bits per heavy atom. The molecule has 104 valence electrons. The lowest BCUT2D eigenvalue weighted by Gasteiger charge is -2.42. The standard InChI is InChI=1S/C15H20O4/c1-9-4-12-10(5-11(9)17)14(8-16)7-15(18,19-12)6-13(14,2)3/h4-5,16-18H,6-8H2,1-3H3/t14-,15-/m1/s1. The number of aliphatic hydroxyl groups is 2. The zero-order chi connectivity index (χ0) is 14.1. The van der Waals surface area contributed by atoms with E-state index in [-0.39, 0.29) is 17.8 Å². The molecule has 1 aromatic rings. The van der Waals surface area contributed by atoms with Gasteiger partial charge in [0.15, 0.2) is 0 Å². The summed E-state index contributed by atoms with van der Waals surface area (Å²) in [5.74, 6) is -0.449. The molecule has 2 atom stereocenters. The molecule has 1 heterocycles. The molecule has 0 amide bonds. The molecule has 1 fully saturated rings. The fourth-order valence-corrected chi connectivity index (χ4v) is 3.85. The molecule has 0 saturated heterocycles. The molecular formula is C15H20O4. The summed E-state index contributed by atoms with van der Waals surface area (Å²) in [6, 6.07) is 3.41. The van der Waals surface area contributed by atoms with Crippen LogP contribution in [0.2, 0.25) is 0 Å². The fraction of sp³-hybridized carbons (Fsp3) is 0.600. The number of phenolic OH excluding ortho intramolecular Hbond substituents is 1. The Balaban J connectivity index is 2.29. The highest BCUT2D eigenvalue weighted by molar-refractivity contribution is 5.53. The van der Waals surface area contributed by atoms with Crippen LogP contribution in [0, 0.1) is 12.3 Å². The van der Waals surface area contributed by atoms with Crippen molar-refractivity contribution < 1.29 is 20.1 Å². The number of hydrogen-bond acceptors (Lipinski definition) is 4. The van der Waals surface area contributed by atoms with Crippen LogP contribution in [0.4, 0.5) is 0 Å². The maximum Gasteiger partial charge on any atom is 0.209 e. The van der Waals surface area contributed by atoms with Gasteiger partial charge in [0.2, 0.25) is 5.79 Å².